The molecule has 0 aliphatic carbocycles. The number of nitrogens with one attached hydrogen (secondary N) is 2. The van der Waals surface area contributed by atoms with Crippen LogP contribution >= 0.6 is 0 Å². The van der Waals surface area contributed by atoms with Crippen molar-refractivity contribution in [1.82, 2.24) is 15.1 Å². The predicted molar refractivity (Wildman–Crippen MR) is 91.5 cm³/mol. The summed E-state index contributed by atoms with van der Waals surface area (Å²) in [6.45, 7) is 2.18. The van der Waals surface area contributed by atoms with Crippen LogP contribution in [0.2, 0.25) is 0 Å². The fraction of sp³-hybridized carbons (Fsp3) is 0.412. The van der Waals surface area contributed by atoms with Gasteiger partial charge in [0.25, 0.3) is 0 Å². The molecule has 1 fully saturated rings. The minimum absolute atomic E-state index is 0.0842. The molecule has 2 heterocycles. The van der Waals surface area contributed by atoms with Crippen molar-refractivity contribution >= 4 is 17.3 Å². The first-order chi connectivity index (χ1) is 11.2. The van der Waals surface area contributed by atoms with Gasteiger partial charge in [0.2, 0.25) is 5.91 Å². The molecule has 122 valence electrons. The topological polar surface area (TPSA) is 62.2 Å². The highest BCUT2D eigenvalue weighted by molar-refractivity contribution is 5.95. The van der Waals surface area contributed by atoms with Gasteiger partial charge in [0.15, 0.2) is 0 Å². The molecule has 1 saturated heterocycles. The van der Waals surface area contributed by atoms with E-state index in [1.807, 2.05) is 31.4 Å². The molecule has 1 aliphatic rings. The van der Waals surface area contributed by atoms with Gasteiger partial charge >= 0.3 is 0 Å². The maximum Gasteiger partial charge on any atom is 0.246 e. The van der Waals surface area contributed by atoms with E-state index in [2.05, 4.69) is 26.7 Å². The highest BCUT2D eigenvalue weighted by Gasteiger charge is 2.20. The molecule has 0 bridgehead atoms. The van der Waals surface area contributed by atoms with Crippen LogP contribution in [0.3, 0.4) is 0 Å². The van der Waals surface area contributed by atoms with E-state index in [4.69, 9.17) is 0 Å². The molecule has 3 rings (SSSR count). The average molecular weight is 313 g/mol. The zero-order valence-corrected chi connectivity index (χ0v) is 13.6. The van der Waals surface area contributed by atoms with Crippen molar-refractivity contribution in [3.05, 3.63) is 42.2 Å². The van der Waals surface area contributed by atoms with Gasteiger partial charge in [-0.05, 0) is 38.1 Å². The highest BCUT2D eigenvalue weighted by atomic mass is 16.2. The van der Waals surface area contributed by atoms with E-state index < -0.39 is 6.04 Å². The second-order valence-corrected chi connectivity index (χ2v) is 5.90. The van der Waals surface area contributed by atoms with Crippen LogP contribution in [0.15, 0.2) is 36.7 Å². The Bertz CT molecular complexity index is 675. The minimum atomic E-state index is -0.417. The predicted octanol–water partition coefficient (Wildman–Crippen LogP) is 1.92. The molecule has 1 aromatic heterocycles. The molecule has 1 unspecified atom stereocenters. The number of hydrogen-bond donors (Lipinski definition) is 2. The lowest BCUT2D eigenvalue weighted by molar-refractivity contribution is -0.118. The van der Waals surface area contributed by atoms with Crippen LogP contribution in [0.5, 0.6) is 0 Å². The Hall–Kier alpha value is -2.34. The van der Waals surface area contributed by atoms with Gasteiger partial charge < -0.3 is 15.5 Å². The normalized spacial score (nSPS) is 15.7. The Morgan fingerprint density at radius 2 is 2.09 bits per heavy atom. The van der Waals surface area contributed by atoms with E-state index in [-0.39, 0.29) is 5.91 Å². The zero-order valence-electron chi connectivity index (χ0n) is 13.6. The monoisotopic (exact) mass is 313 g/mol. The second kappa shape index (κ2) is 6.83. The summed E-state index contributed by atoms with van der Waals surface area (Å²) in [5.74, 6) is -0.0842. The van der Waals surface area contributed by atoms with Crippen molar-refractivity contribution in [1.29, 1.82) is 0 Å². The fourth-order valence-electron chi connectivity index (χ4n) is 3.01. The van der Waals surface area contributed by atoms with Crippen LogP contribution < -0.4 is 15.5 Å². The molecule has 0 spiro atoms. The third-order valence-corrected chi connectivity index (χ3v) is 4.19. The summed E-state index contributed by atoms with van der Waals surface area (Å²) in [4.78, 5) is 14.9. The van der Waals surface area contributed by atoms with Crippen molar-refractivity contribution < 1.29 is 4.79 Å². The number of aromatic nitrogens is 2. The van der Waals surface area contributed by atoms with E-state index in [1.54, 1.807) is 17.9 Å². The molecule has 0 radical (unpaired) electrons. The molecule has 1 aliphatic heterocycles. The van der Waals surface area contributed by atoms with Gasteiger partial charge in [-0.2, -0.15) is 5.10 Å². The van der Waals surface area contributed by atoms with Crippen LogP contribution in [0.25, 0.3) is 0 Å². The molecule has 0 saturated carbocycles. The van der Waals surface area contributed by atoms with E-state index in [0.717, 1.165) is 24.3 Å². The number of rotatable bonds is 5. The first-order valence-electron chi connectivity index (χ1n) is 7.99. The first-order valence-corrected chi connectivity index (χ1v) is 7.99. The van der Waals surface area contributed by atoms with Crippen LogP contribution in [0, 0.1) is 0 Å². The number of hydrogen-bond acceptors (Lipinski definition) is 4. The minimum Gasteiger partial charge on any atom is -0.371 e. The van der Waals surface area contributed by atoms with Crippen molar-refractivity contribution in [2.45, 2.75) is 18.9 Å². The molecule has 6 nitrogen and oxygen atoms in total. The quantitative estimate of drug-likeness (QED) is 0.885. The third kappa shape index (κ3) is 3.53. The third-order valence-electron chi connectivity index (χ3n) is 4.19. The summed E-state index contributed by atoms with van der Waals surface area (Å²) in [7, 11) is 3.62. The Morgan fingerprint density at radius 1 is 1.30 bits per heavy atom. The standard InChI is InChI=1S/C17H23N5O/c1-18-16(13-11-19-21(2)12-13)17(23)20-14-6-5-7-15(10-14)22-8-3-4-9-22/h5-7,10-12,16,18H,3-4,8-9H2,1-2H3,(H,20,23). The molecule has 23 heavy (non-hydrogen) atoms. The largest absolute Gasteiger partial charge is 0.371 e. The molecule has 2 aromatic rings. The van der Waals surface area contributed by atoms with Crippen molar-refractivity contribution in [3.63, 3.8) is 0 Å². The Labute approximate surface area is 136 Å². The van der Waals surface area contributed by atoms with E-state index in [9.17, 15) is 4.79 Å². The maximum atomic E-state index is 12.6. The summed E-state index contributed by atoms with van der Waals surface area (Å²) in [6, 6.07) is 7.63. The zero-order chi connectivity index (χ0) is 16.2. The summed E-state index contributed by atoms with van der Waals surface area (Å²) in [6.07, 6.45) is 6.03. The molecule has 2 N–H and O–H groups in total. The Balaban J connectivity index is 1.72. The molecule has 1 aromatic carbocycles. The van der Waals surface area contributed by atoms with Gasteiger partial charge in [0.1, 0.15) is 6.04 Å². The van der Waals surface area contributed by atoms with Gasteiger partial charge in [0, 0.05) is 43.3 Å². The lowest BCUT2D eigenvalue weighted by Gasteiger charge is -2.19. The van der Waals surface area contributed by atoms with E-state index >= 15 is 0 Å². The second-order valence-electron chi connectivity index (χ2n) is 5.90. The number of aryl methyl sites for hydroxylation is 1. The van der Waals surface area contributed by atoms with Crippen molar-refractivity contribution in [3.8, 4) is 0 Å². The number of nitrogens with zero attached hydrogens (tertiary/aromatic N) is 3. The summed E-state index contributed by atoms with van der Waals surface area (Å²) < 4.78 is 1.70. The van der Waals surface area contributed by atoms with Crippen molar-refractivity contribution in [2.75, 3.05) is 30.4 Å². The summed E-state index contributed by atoms with van der Waals surface area (Å²) >= 11 is 0. The molecule has 1 atom stereocenters. The number of anilines is 2. The average Bonchev–Trinajstić information content (AvgIpc) is 3.20. The molecule has 1 amide bonds. The number of amides is 1. The summed E-state index contributed by atoms with van der Waals surface area (Å²) in [5.41, 5.74) is 2.84. The smallest absolute Gasteiger partial charge is 0.246 e. The highest BCUT2D eigenvalue weighted by Crippen LogP contribution is 2.24. The van der Waals surface area contributed by atoms with E-state index in [0.29, 0.717) is 0 Å². The Morgan fingerprint density at radius 3 is 2.74 bits per heavy atom. The maximum absolute atomic E-state index is 12.6. The Kier molecular flexibility index (Phi) is 4.62. The van der Waals surface area contributed by atoms with Gasteiger partial charge in [-0.25, -0.2) is 0 Å². The molecular weight excluding hydrogens is 290 g/mol. The van der Waals surface area contributed by atoms with Crippen LogP contribution in [0.4, 0.5) is 11.4 Å². The number of likely N-dealkylation sites (N-methyl/N-ethyl adjacent to an activating group) is 1. The summed E-state index contributed by atoms with van der Waals surface area (Å²) in [5, 5.41) is 10.2. The number of carbonyl (C=O) groups excluding carboxylic acids is 1. The van der Waals surface area contributed by atoms with Crippen LogP contribution in [0.1, 0.15) is 24.4 Å². The fourth-order valence-corrected chi connectivity index (χ4v) is 3.01. The van der Waals surface area contributed by atoms with Gasteiger partial charge in [-0.1, -0.05) is 6.07 Å². The van der Waals surface area contributed by atoms with Crippen molar-refractivity contribution in [2.24, 2.45) is 7.05 Å². The first kappa shape index (κ1) is 15.6. The van der Waals surface area contributed by atoms with Gasteiger partial charge in [0.05, 0.1) is 6.20 Å². The number of benzene rings is 1. The van der Waals surface area contributed by atoms with E-state index in [1.165, 1.54) is 18.5 Å². The lowest BCUT2D eigenvalue weighted by atomic mass is 10.1. The lowest BCUT2D eigenvalue weighted by Crippen LogP contribution is -2.30. The number of carbonyl (C=O) groups is 1. The van der Waals surface area contributed by atoms with Crippen LogP contribution in [-0.4, -0.2) is 35.8 Å². The SMILES string of the molecule is CNC(C(=O)Nc1cccc(N2CCCC2)c1)c1cnn(C)c1. The molecular formula is C17H23N5O. The van der Waals surface area contributed by atoms with Gasteiger partial charge in [-0.3, -0.25) is 9.48 Å². The van der Waals surface area contributed by atoms with Crippen LogP contribution in [-0.2, 0) is 11.8 Å². The molecule has 6 heteroatoms. The van der Waals surface area contributed by atoms with Gasteiger partial charge in [-0.15, -0.1) is 0 Å².